The van der Waals surface area contributed by atoms with E-state index >= 15 is 0 Å². The van der Waals surface area contributed by atoms with Gasteiger partial charge in [-0.25, -0.2) is 0 Å². The van der Waals surface area contributed by atoms with Gasteiger partial charge in [-0.2, -0.15) is 0 Å². The fourth-order valence-electron chi connectivity index (χ4n) is 4.25. The fraction of sp³-hybridized carbons (Fsp3) is 0.286. The molecular formula is C28H30N2O3. The van der Waals surface area contributed by atoms with Gasteiger partial charge >= 0.3 is 0 Å². The van der Waals surface area contributed by atoms with Crippen molar-refractivity contribution in [2.75, 3.05) is 6.61 Å². The lowest BCUT2D eigenvalue weighted by Gasteiger charge is -2.32. The van der Waals surface area contributed by atoms with E-state index in [4.69, 9.17) is 4.74 Å². The summed E-state index contributed by atoms with van der Waals surface area (Å²) in [5.41, 5.74) is 4.56. The van der Waals surface area contributed by atoms with Crippen molar-refractivity contribution < 1.29 is 14.3 Å². The Hall–Kier alpha value is -3.60. The molecule has 0 saturated heterocycles. The highest BCUT2D eigenvalue weighted by Gasteiger charge is 2.37. The Labute approximate surface area is 195 Å². The Kier molecular flexibility index (Phi) is 6.23. The van der Waals surface area contributed by atoms with Crippen molar-refractivity contribution in [3.63, 3.8) is 0 Å². The lowest BCUT2D eigenvalue weighted by atomic mass is 9.94. The molecule has 0 aromatic heterocycles. The number of fused-ring (bicyclic) bond motifs is 1. The minimum Gasteiger partial charge on any atom is -0.483 e. The van der Waals surface area contributed by atoms with E-state index < -0.39 is 11.6 Å². The van der Waals surface area contributed by atoms with E-state index in [2.05, 4.69) is 30.4 Å². The summed E-state index contributed by atoms with van der Waals surface area (Å²) in [7, 11) is 0. The van der Waals surface area contributed by atoms with Gasteiger partial charge in [0, 0.05) is 17.6 Å². The molecule has 0 fully saturated rings. The van der Waals surface area contributed by atoms with Crippen LogP contribution in [0.1, 0.15) is 43.5 Å². The summed E-state index contributed by atoms with van der Waals surface area (Å²) in [5.74, 6) is 0.122. The summed E-state index contributed by atoms with van der Waals surface area (Å²) < 4.78 is 5.80. The van der Waals surface area contributed by atoms with Gasteiger partial charge in [-0.3, -0.25) is 9.59 Å². The van der Waals surface area contributed by atoms with E-state index in [1.807, 2.05) is 75.4 Å². The van der Waals surface area contributed by atoms with E-state index in [0.29, 0.717) is 17.9 Å². The van der Waals surface area contributed by atoms with Gasteiger partial charge < -0.3 is 15.0 Å². The first-order chi connectivity index (χ1) is 15.7. The smallest absolute Gasteiger partial charge is 0.261 e. The molecule has 33 heavy (non-hydrogen) atoms. The van der Waals surface area contributed by atoms with Crippen LogP contribution in [-0.2, 0) is 16.1 Å². The van der Waals surface area contributed by atoms with Gasteiger partial charge in [0.05, 0.1) is 0 Å². The van der Waals surface area contributed by atoms with E-state index in [0.717, 1.165) is 22.3 Å². The van der Waals surface area contributed by atoms with Crippen LogP contribution in [0.4, 0.5) is 0 Å². The van der Waals surface area contributed by atoms with Crippen LogP contribution in [-0.4, -0.2) is 28.9 Å². The average Bonchev–Trinajstić information content (AvgIpc) is 2.90. The van der Waals surface area contributed by atoms with E-state index in [1.165, 1.54) is 0 Å². The maximum Gasteiger partial charge on any atom is 0.261 e. The molecule has 5 heteroatoms. The van der Waals surface area contributed by atoms with Crippen LogP contribution in [0, 0.1) is 6.92 Å². The summed E-state index contributed by atoms with van der Waals surface area (Å²) in [6, 6.07) is 22.8. The van der Waals surface area contributed by atoms with Crippen molar-refractivity contribution >= 4 is 11.8 Å². The molecule has 0 radical (unpaired) electrons. The molecule has 1 N–H and O–H groups in total. The number of carbonyl (C=O) groups excluding carboxylic acids is 2. The van der Waals surface area contributed by atoms with Crippen molar-refractivity contribution in [3.05, 3.63) is 89.5 Å². The van der Waals surface area contributed by atoms with Gasteiger partial charge in [-0.1, -0.05) is 66.7 Å². The largest absolute Gasteiger partial charge is 0.483 e. The Balaban J connectivity index is 1.79. The van der Waals surface area contributed by atoms with Crippen molar-refractivity contribution in [2.45, 2.75) is 45.8 Å². The highest BCUT2D eigenvalue weighted by molar-refractivity contribution is 5.91. The molecule has 2 amide bonds. The second kappa shape index (κ2) is 9.10. The van der Waals surface area contributed by atoms with Crippen molar-refractivity contribution in [1.29, 1.82) is 0 Å². The molecule has 1 aliphatic heterocycles. The Morgan fingerprint density at radius 1 is 0.970 bits per heavy atom. The molecule has 4 rings (SSSR count). The highest BCUT2D eigenvalue weighted by atomic mass is 16.5. The van der Waals surface area contributed by atoms with Crippen molar-refractivity contribution in [1.82, 2.24) is 10.2 Å². The zero-order valence-electron chi connectivity index (χ0n) is 19.6. The number of para-hydroxylation sites is 1. The molecule has 5 nitrogen and oxygen atoms in total. The zero-order chi connectivity index (χ0) is 23.6. The van der Waals surface area contributed by atoms with Gasteiger partial charge in [-0.15, -0.1) is 0 Å². The molecule has 1 unspecified atom stereocenters. The number of hydrogen-bond acceptors (Lipinski definition) is 3. The first kappa shape index (κ1) is 22.6. The van der Waals surface area contributed by atoms with E-state index in [-0.39, 0.29) is 18.4 Å². The molecule has 1 heterocycles. The van der Waals surface area contributed by atoms with Gasteiger partial charge in [0.25, 0.3) is 5.91 Å². The molecule has 0 aliphatic carbocycles. The van der Waals surface area contributed by atoms with Crippen LogP contribution in [0.5, 0.6) is 5.75 Å². The first-order valence-corrected chi connectivity index (χ1v) is 11.2. The minimum absolute atomic E-state index is 0.108. The monoisotopic (exact) mass is 442 g/mol. The lowest BCUT2D eigenvalue weighted by molar-refractivity contribution is -0.142. The van der Waals surface area contributed by atoms with Crippen LogP contribution in [0.2, 0.25) is 0 Å². The zero-order valence-corrected chi connectivity index (χ0v) is 19.6. The third-order valence-electron chi connectivity index (χ3n) is 5.74. The van der Waals surface area contributed by atoms with Crippen molar-refractivity contribution in [2.24, 2.45) is 0 Å². The number of nitrogens with zero attached hydrogens (tertiary/aromatic N) is 1. The maximum absolute atomic E-state index is 13.5. The number of ether oxygens (including phenoxy) is 1. The van der Waals surface area contributed by atoms with E-state index in [1.54, 1.807) is 4.90 Å². The van der Waals surface area contributed by atoms with Crippen LogP contribution < -0.4 is 10.1 Å². The summed E-state index contributed by atoms with van der Waals surface area (Å²) in [4.78, 5) is 28.5. The molecule has 3 aromatic carbocycles. The molecule has 170 valence electrons. The molecule has 1 aliphatic rings. The Morgan fingerprint density at radius 3 is 2.33 bits per heavy atom. The van der Waals surface area contributed by atoms with Gasteiger partial charge in [0.2, 0.25) is 5.91 Å². The number of amides is 2. The standard InChI is InChI=1S/C28H30N2O3/c1-19-11-5-7-13-21(19)22-14-8-6-12-20(22)17-30-25(31)18-33-24-16-10-9-15-23(24)26(30)27(32)29-28(2,3)4/h5-16,26H,17-18H2,1-4H3,(H,29,32). The van der Waals surface area contributed by atoms with Crippen LogP contribution in [0.3, 0.4) is 0 Å². The summed E-state index contributed by atoms with van der Waals surface area (Å²) in [5, 5.41) is 3.06. The van der Waals surface area contributed by atoms with Gasteiger partial charge in [-0.05, 0) is 56.0 Å². The minimum atomic E-state index is -0.791. The third-order valence-corrected chi connectivity index (χ3v) is 5.74. The third kappa shape index (κ3) is 4.92. The number of rotatable bonds is 4. The number of aryl methyl sites for hydroxylation is 1. The quantitative estimate of drug-likeness (QED) is 0.616. The number of nitrogens with one attached hydrogen (secondary N) is 1. The average molecular weight is 443 g/mol. The molecule has 0 spiro atoms. The summed E-state index contributed by atoms with van der Waals surface area (Å²) >= 11 is 0. The van der Waals surface area contributed by atoms with Crippen LogP contribution >= 0.6 is 0 Å². The first-order valence-electron chi connectivity index (χ1n) is 11.2. The Morgan fingerprint density at radius 2 is 1.61 bits per heavy atom. The highest BCUT2D eigenvalue weighted by Crippen LogP contribution is 2.36. The predicted octanol–water partition coefficient (Wildman–Crippen LogP) is 5.04. The molecule has 0 saturated carbocycles. The van der Waals surface area contributed by atoms with Gasteiger partial charge in [0.15, 0.2) is 6.61 Å². The van der Waals surface area contributed by atoms with Crippen molar-refractivity contribution in [3.8, 4) is 16.9 Å². The predicted molar refractivity (Wildman–Crippen MR) is 130 cm³/mol. The number of benzene rings is 3. The summed E-state index contributed by atoms with van der Waals surface area (Å²) in [6.07, 6.45) is 0. The van der Waals surface area contributed by atoms with Gasteiger partial charge in [0.1, 0.15) is 11.8 Å². The maximum atomic E-state index is 13.5. The van der Waals surface area contributed by atoms with Crippen LogP contribution in [0.25, 0.3) is 11.1 Å². The number of hydrogen-bond donors (Lipinski definition) is 1. The summed E-state index contributed by atoms with van der Waals surface area (Å²) in [6.45, 7) is 8.07. The Bertz CT molecular complexity index is 1180. The topological polar surface area (TPSA) is 58.6 Å². The van der Waals surface area contributed by atoms with Crippen LogP contribution in [0.15, 0.2) is 72.8 Å². The number of carbonyl (C=O) groups is 2. The van der Waals surface area contributed by atoms with E-state index in [9.17, 15) is 9.59 Å². The molecule has 3 aromatic rings. The normalized spacial score (nSPS) is 15.9. The lowest BCUT2D eigenvalue weighted by Crippen LogP contribution is -2.49. The molecule has 1 atom stereocenters. The SMILES string of the molecule is Cc1ccccc1-c1ccccc1CN1C(=O)COc2ccccc2C1C(=O)NC(C)(C)C. The molecular weight excluding hydrogens is 412 g/mol. The second-order valence-electron chi connectivity index (χ2n) is 9.46. The second-order valence-corrected chi connectivity index (χ2v) is 9.46. The molecule has 0 bridgehead atoms. The fourth-order valence-corrected chi connectivity index (χ4v) is 4.25.